The standard InChI is InChI=1S/C26H32N2O3/c1-30-22-12-13-23(25(18-22)31-2)26(29)28-16-7-11-21-19-27(17-14-24(21)28)15-6-10-20-8-4-3-5-9-20/h3-6,8-10,12-13,18,21,24H,7,11,14-17,19H2,1-2H3/t21-,24-/m1/s1. The smallest absolute Gasteiger partial charge is 0.257 e. The molecule has 0 saturated carbocycles. The summed E-state index contributed by atoms with van der Waals surface area (Å²) in [5.41, 5.74) is 1.86. The van der Waals surface area contributed by atoms with Crippen LogP contribution in [0.2, 0.25) is 0 Å². The number of fused-ring (bicyclic) bond motifs is 1. The highest BCUT2D eigenvalue weighted by Gasteiger charge is 2.38. The number of carbonyl (C=O) groups is 1. The molecule has 2 aromatic rings. The van der Waals surface area contributed by atoms with E-state index in [1.54, 1.807) is 20.3 Å². The Morgan fingerprint density at radius 1 is 1.06 bits per heavy atom. The number of benzene rings is 2. The molecule has 0 aromatic heterocycles. The van der Waals surface area contributed by atoms with Crippen LogP contribution in [0.1, 0.15) is 35.2 Å². The molecular formula is C26H32N2O3. The third-order valence-corrected chi connectivity index (χ3v) is 6.53. The molecule has 0 aliphatic carbocycles. The number of ether oxygens (including phenoxy) is 2. The Morgan fingerprint density at radius 2 is 1.90 bits per heavy atom. The molecule has 2 fully saturated rings. The minimum absolute atomic E-state index is 0.0756. The molecule has 31 heavy (non-hydrogen) atoms. The quantitative estimate of drug-likeness (QED) is 0.697. The largest absolute Gasteiger partial charge is 0.497 e. The first-order chi connectivity index (χ1) is 15.2. The molecule has 4 rings (SSSR count). The van der Waals surface area contributed by atoms with Crippen molar-refractivity contribution in [1.82, 2.24) is 9.80 Å². The second-order valence-corrected chi connectivity index (χ2v) is 8.40. The lowest BCUT2D eigenvalue weighted by molar-refractivity contribution is 0.0224. The van der Waals surface area contributed by atoms with Crippen LogP contribution in [0.4, 0.5) is 0 Å². The zero-order valence-corrected chi connectivity index (χ0v) is 18.5. The van der Waals surface area contributed by atoms with E-state index in [-0.39, 0.29) is 5.91 Å². The summed E-state index contributed by atoms with van der Waals surface area (Å²) in [6.45, 7) is 3.85. The van der Waals surface area contributed by atoms with Gasteiger partial charge in [0.05, 0.1) is 19.8 Å². The highest BCUT2D eigenvalue weighted by Crippen LogP contribution is 2.34. The average Bonchev–Trinajstić information content (AvgIpc) is 2.83. The molecule has 2 atom stereocenters. The van der Waals surface area contributed by atoms with Crippen molar-refractivity contribution in [2.75, 3.05) is 40.4 Å². The Kier molecular flexibility index (Phi) is 6.92. The van der Waals surface area contributed by atoms with Gasteiger partial charge in [-0.3, -0.25) is 9.69 Å². The van der Waals surface area contributed by atoms with Crippen LogP contribution in [0.3, 0.4) is 0 Å². The summed E-state index contributed by atoms with van der Waals surface area (Å²) in [5, 5.41) is 0. The first kappa shape index (κ1) is 21.4. The van der Waals surface area contributed by atoms with Gasteiger partial charge >= 0.3 is 0 Å². The summed E-state index contributed by atoms with van der Waals surface area (Å²) in [6.07, 6.45) is 7.71. The van der Waals surface area contributed by atoms with Crippen LogP contribution in [0.25, 0.3) is 6.08 Å². The number of likely N-dealkylation sites (tertiary alicyclic amines) is 2. The minimum atomic E-state index is 0.0756. The van der Waals surface area contributed by atoms with Gasteiger partial charge < -0.3 is 14.4 Å². The highest BCUT2D eigenvalue weighted by atomic mass is 16.5. The molecule has 5 heteroatoms. The van der Waals surface area contributed by atoms with E-state index in [0.29, 0.717) is 29.0 Å². The number of hydrogen-bond acceptors (Lipinski definition) is 4. The van der Waals surface area contributed by atoms with Crippen LogP contribution in [-0.2, 0) is 0 Å². The molecule has 2 aliphatic heterocycles. The van der Waals surface area contributed by atoms with Gasteiger partial charge in [-0.05, 0) is 42.9 Å². The third kappa shape index (κ3) is 4.93. The summed E-state index contributed by atoms with van der Waals surface area (Å²) in [5.74, 6) is 1.88. The van der Waals surface area contributed by atoms with Gasteiger partial charge in [-0.25, -0.2) is 0 Å². The van der Waals surface area contributed by atoms with Crippen molar-refractivity contribution in [3.8, 4) is 11.5 Å². The SMILES string of the molecule is COc1ccc(C(=O)N2CCC[C@@H]3CN(CC=Cc4ccccc4)CC[C@H]32)c(OC)c1. The van der Waals surface area contributed by atoms with E-state index in [1.165, 1.54) is 12.0 Å². The van der Waals surface area contributed by atoms with Gasteiger partial charge in [0.15, 0.2) is 0 Å². The first-order valence-electron chi connectivity index (χ1n) is 11.2. The summed E-state index contributed by atoms with van der Waals surface area (Å²) in [4.78, 5) is 18.0. The number of rotatable bonds is 6. The lowest BCUT2D eigenvalue weighted by Crippen LogP contribution is -2.55. The molecule has 2 aliphatic rings. The minimum Gasteiger partial charge on any atom is -0.497 e. The molecule has 2 heterocycles. The normalized spacial score (nSPS) is 21.7. The van der Waals surface area contributed by atoms with Gasteiger partial charge in [0.2, 0.25) is 0 Å². The second-order valence-electron chi connectivity index (χ2n) is 8.40. The van der Waals surface area contributed by atoms with Crippen LogP contribution in [0.15, 0.2) is 54.6 Å². The monoisotopic (exact) mass is 420 g/mol. The Labute approximate surface area is 185 Å². The van der Waals surface area contributed by atoms with Gasteiger partial charge in [0.1, 0.15) is 11.5 Å². The fourth-order valence-corrected chi connectivity index (χ4v) is 4.93. The average molecular weight is 421 g/mol. The second kappa shape index (κ2) is 10.0. The summed E-state index contributed by atoms with van der Waals surface area (Å²) in [7, 11) is 3.22. The fraction of sp³-hybridized carbons (Fsp3) is 0.423. The lowest BCUT2D eigenvalue weighted by atomic mass is 9.83. The number of piperidine rings is 2. The first-order valence-corrected chi connectivity index (χ1v) is 11.2. The number of nitrogens with zero attached hydrogens (tertiary/aromatic N) is 2. The van der Waals surface area contributed by atoms with Crippen molar-refractivity contribution < 1.29 is 14.3 Å². The maximum Gasteiger partial charge on any atom is 0.257 e. The summed E-state index contributed by atoms with van der Waals surface area (Å²) in [6, 6.07) is 16.2. The number of amides is 1. The molecule has 1 amide bonds. The van der Waals surface area contributed by atoms with Crippen molar-refractivity contribution in [3.05, 3.63) is 65.7 Å². The van der Waals surface area contributed by atoms with Crippen LogP contribution >= 0.6 is 0 Å². The Hall–Kier alpha value is -2.79. The highest BCUT2D eigenvalue weighted by molar-refractivity contribution is 5.97. The van der Waals surface area contributed by atoms with Gasteiger partial charge in [-0.1, -0.05) is 42.5 Å². The van der Waals surface area contributed by atoms with Gasteiger partial charge in [0.25, 0.3) is 5.91 Å². The molecule has 2 aromatic carbocycles. The van der Waals surface area contributed by atoms with E-state index < -0.39 is 0 Å². The van der Waals surface area contributed by atoms with Crippen molar-refractivity contribution in [3.63, 3.8) is 0 Å². The molecule has 2 saturated heterocycles. The van der Waals surface area contributed by atoms with Gasteiger partial charge in [0, 0.05) is 38.3 Å². The van der Waals surface area contributed by atoms with Crippen molar-refractivity contribution in [2.24, 2.45) is 5.92 Å². The maximum absolute atomic E-state index is 13.4. The van der Waals surface area contributed by atoms with E-state index in [2.05, 4.69) is 46.2 Å². The van der Waals surface area contributed by atoms with Crippen molar-refractivity contribution in [1.29, 1.82) is 0 Å². The molecule has 0 radical (unpaired) electrons. The van der Waals surface area contributed by atoms with Crippen molar-refractivity contribution in [2.45, 2.75) is 25.3 Å². The summed E-state index contributed by atoms with van der Waals surface area (Å²) < 4.78 is 10.8. The van der Waals surface area contributed by atoms with E-state index in [4.69, 9.17) is 9.47 Å². The van der Waals surface area contributed by atoms with Gasteiger partial charge in [-0.2, -0.15) is 0 Å². The maximum atomic E-state index is 13.4. The number of carbonyl (C=O) groups excluding carboxylic acids is 1. The van der Waals surface area contributed by atoms with Crippen LogP contribution in [-0.4, -0.2) is 62.1 Å². The number of hydrogen-bond donors (Lipinski definition) is 0. The Balaban J connectivity index is 1.40. The van der Waals surface area contributed by atoms with E-state index >= 15 is 0 Å². The molecule has 5 nitrogen and oxygen atoms in total. The van der Waals surface area contributed by atoms with Gasteiger partial charge in [-0.15, -0.1) is 0 Å². The van der Waals surface area contributed by atoms with E-state index in [0.717, 1.165) is 39.0 Å². The molecular weight excluding hydrogens is 388 g/mol. The zero-order chi connectivity index (χ0) is 21.6. The van der Waals surface area contributed by atoms with Crippen LogP contribution < -0.4 is 9.47 Å². The predicted octanol–water partition coefficient (Wildman–Crippen LogP) is 4.34. The van der Waals surface area contributed by atoms with Crippen LogP contribution in [0, 0.1) is 5.92 Å². The van der Waals surface area contributed by atoms with Crippen LogP contribution in [0.5, 0.6) is 11.5 Å². The third-order valence-electron chi connectivity index (χ3n) is 6.53. The van der Waals surface area contributed by atoms with Crippen molar-refractivity contribution >= 4 is 12.0 Å². The zero-order valence-electron chi connectivity index (χ0n) is 18.5. The molecule has 0 bridgehead atoms. The van der Waals surface area contributed by atoms with E-state index in [1.807, 2.05) is 18.2 Å². The molecule has 164 valence electrons. The Bertz CT molecular complexity index is 912. The topological polar surface area (TPSA) is 42.0 Å². The molecule has 0 unspecified atom stereocenters. The Morgan fingerprint density at radius 3 is 2.68 bits per heavy atom. The lowest BCUT2D eigenvalue weighted by Gasteiger charge is -2.47. The fourth-order valence-electron chi connectivity index (χ4n) is 4.93. The molecule has 0 N–H and O–H groups in total. The predicted molar refractivity (Wildman–Crippen MR) is 124 cm³/mol. The number of methoxy groups -OCH3 is 2. The molecule has 0 spiro atoms. The van der Waals surface area contributed by atoms with E-state index in [9.17, 15) is 4.79 Å². The summed E-state index contributed by atoms with van der Waals surface area (Å²) >= 11 is 0.